The van der Waals surface area contributed by atoms with E-state index in [2.05, 4.69) is 9.88 Å². The Bertz CT molecular complexity index is 572. The molecule has 0 bridgehead atoms. The van der Waals surface area contributed by atoms with Crippen molar-refractivity contribution in [1.29, 1.82) is 0 Å². The summed E-state index contributed by atoms with van der Waals surface area (Å²) in [6, 6.07) is 6.55. The fraction of sp³-hybridized carbons (Fsp3) is 0.333. The summed E-state index contributed by atoms with van der Waals surface area (Å²) in [5.74, 6) is -0.347. The van der Waals surface area contributed by atoms with Gasteiger partial charge in [0.25, 0.3) is 0 Å². The number of thiazole rings is 1. The molecule has 112 valence electrons. The number of nitrogens with zero attached hydrogens (tertiary/aromatic N) is 2. The van der Waals surface area contributed by atoms with Crippen molar-refractivity contribution in [3.8, 4) is 5.75 Å². The zero-order valence-electron chi connectivity index (χ0n) is 11.9. The van der Waals surface area contributed by atoms with Gasteiger partial charge in [0, 0.05) is 18.5 Å². The third-order valence-electron chi connectivity index (χ3n) is 2.95. The molecule has 0 spiro atoms. The Balaban J connectivity index is 1.69. The zero-order valence-corrected chi connectivity index (χ0v) is 12.7. The van der Waals surface area contributed by atoms with Gasteiger partial charge in [0.2, 0.25) is 0 Å². The van der Waals surface area contributed by atoms with Crippen molar-refractivity contribution < 1.29 is 14.6 Å². The van der Waals surface area contributed by atoms with Crippen LogP contribution in [-0.2, 0) is 6.54 Å². The predicted molar refractivity (Wildman–Crippen MR) is 82.0 cm³/mol. The maximum atomic E-state index is 10.9. The van der Waals surface area contributed by atoms with Crippen LogP contribution in [0.25, 0.3) is 0 Å². The Hall–Kier alpha value is -1.92. The first-order valence-electron chi connectivity index (χ1n) is 6.67. The fourth-order valence-corrected chi connectivity index (χ4v) is 2.46. The lowest BCUT2D eigenvalue weighted by molar-refractivity contribution is 0.0696. The van der Waals surface area contributed by atoms with Crippen molar-refractivity contribution in [2.45, 2.75) is 13.0 Å². The molecule has 0 unspecified atom stereocenters. The summed E-state index contributed by atoms with van der Waals surface area (Å²) in [4.78, 5) is 17.3. The Morgan fingerprint density at radius 2 is 2.33 bits per heavy atom. The van der Waals surface area contributed by atoms with Gasteiger partial charge >= 0.3 is 5.97 Å². The van der Waals surface area contributed by atoms with Crippen LogP contribution in [0.15, 0.2) is 35.2 Å². The summed E-state index contributed by atoms with van der Waals surface area (Å²) in [5.41, 5.74) is 3.16. The van der Waals surface area contributed by atoms with Crippen LogP contribution in [0, 0.1) is 0 Å². The van der Waals surface area contributed by atoms with E-state index >= 15 is 0 Å². The standard InChI is InChI=1S/C15H18N2O3S/c1-17(9-13-10-21-11-16-13)6-3-7-20-14-5-2-4-12(8-14)15(18)19/h2,4-5,8,10-11H,3,6-7,9H2,1H3,(H,18,19). The van der Waals surface area contributed by atoms with E-state index < -0.39 is 5.97 Å². The molecule has 0 aliphatic rings. The number of benzene rings is 1. The summed E-state index contributed by atoms with van der Waals surface area (Å²) < 4.78 is 5.58. The number of ether oxygens (including phenoxy) is 1. The molecule has 0 radical (unpaired) electrons. The van der Waals surface area contributed by atoms with E-state index in [0.717, 1.165) is 25.2 Å². The molecule has 5 nitrogen and oxygen atoms in total. The van der Waals surface area contributed by atoms with E-state index in [0.29, 0.717) is 12.4 Å². The van der Waals surface area contributed by atoms with Crippen molar-refractivity contribution in [3.63, 3.8) is 0 Å². The lowest BCUT2D eigenvalue weighted by Gasteiger charge is -2.15. The maximum absolute atomic E-state index is 10.9. The van der Waals surface area contributed by atoms with Crippen molar-refractivity contribution in [2.75, 3.05) is 20.2 Å². The Morgan fingerprint density at radius 3 is 3.05 bits per heavy atom. The maximum Gasteiger partial charge on any atom is 0.335 e. The first-order chi connectivity index (χ1) is 10.1. The normalized spacial score (nSPS) is 10.8. The van der Waals surface area contributed by atoms with Crippen LogP contribution in [-0.4, -0.2) is 41.2 Å². The molecule has 1 aromatic carbocycles. The first kappa shape index (κ1) is 15.5. The highest BCUT2D eigenvalue weighted by atomic mass is 32.1. The van der Waals surface area contributed by atoms with Gasteiger partial charge in [0.1, 0.15) is 5.75 Å². The van der Waals surface area contributed by atoms with Crippen LogP contribution in [0.1, 0.15) is 22.5 Å². The average molecular weight is 306 g/mol. The lowest BCUT2D eigenvalue weighted by atomic mass is 10.2. The molecule has 6 heteroatoms. The van der Waals surface area contributed by atoms with Gasteiger partial charge < -0.3 is 14.7 Å². The minimum Gasteiger partial charge on any atom is -0.494 e. The molecule has 0 aliphatic heterocycles. The zero-order chi connectivity index (χ0) is 15.1. The number of carboxylic acid groups (broad SMARTS) is 1. The van der Waals surface area contributed by atoms with Gasteiger partial charge in [-0.25, -0.2) is 9.78 Å². The topological polar surface area (TPSA) is 62.7 Å². The number of aromatic nitrogens is 1. The molecule has 0 amide bonds. The highest BCUT2D eigenvalue weighted by molar-refractivity contribution is 7.07. The minimum absolute atomic E-state index is 0.244. The van der Waals surface area contributed by atoms with Crippen molar-refractivity contribution in [1.82, 2.24) is 9.88 Å². The average Bonchev–Trinajstić information content (AvgIpc) is 2.97. The van der Waals surface area contributed by atoms with E-state index in [1.54, 1.807) is 35.6 Å². The molecule has 21 heavy (non-hydrogen) atoms. The van der Waals surface area contributed by atoms with Crippen molar-refractivity contribution in [2.24, 2.45) is 0 Å². The van der Waals surface area contributed by atoms with Crippen LogP contribution >= 0.6 is 11.3 Å². The fourth-order valence-electron chi connectivity index (χ4n) is 1.91. The van der Waals surface area contributed by atoms with Crippen LogP contribution in [0.2, 0.25) is 0 Å². The summed E-state index contributed by atoms with van der Waals surface area (Å²) in [7, 11) is 2.05. The molecule has 0 fully saturated rings. The predicted octanol–water partition coefficient (Wildman–Crippen LogP) is 2.74. The highest BCUT2D eigenvalue weighted by Gasteiger charge is 2.05. The molecular weight excluding hydrogens is 288 g/mol. The van der Waals surface area contributed by atoms with E-state index in [1.807, 2.05) is 17.9 Å². The molecule has 2 rings (SSSR count). The van der Waals surface area contributed by atoms with E-state index in [-0.39, 0.29) is 5.56 Å². The second kappa shape index (κ2) is 7.75. The number of carboxylic acids is 1. The van der Waals surface area contributed by atoms with Crippen LogP contribution in [0.4, 0.5) is 0 Å². The van der Waals surface area contributed by atoms with Gasteiger partial charge in [-0.05, 0) is 31.7 Å². The molecule has 1 N–H and O–H groups in total. The smallest absolute Gasteiger partial charge is 0.335 e. The second-order valence-corrected chi connectivity index (χ2v) is 5.47. The molecule has 0 aliphatic carbocycles. The van der Waals surface area contributed by atoms with E-state index in [9.17, 15) is 4.79 Å². The number of rotatable bonds is 8. The van der Waals surface area contributed by atoms with Gasteiger partial charge in [0.05, 0.1) is 23.4 Å². The van der Waals surface area contributed by atoms with E-state index in [1.165, 1.54) is 0 Å². The third-order valence-corrected chi connectivity index (χ3v) is 3.58. The number of aromatic carboxylic acids is 1. The Kier molecular flexibility index (Phi) is 5.71. The van der Waals surface area contributed by atoms with Crippen molar-refractivity contribution >= 4 is 17.3 Å². The quantitative estimate of drug-likeness (QED) is 0.760. The third kappa shape index (κ3) is 5.17. The molecule has 2 aromatic rings. The molecule has 0 saturated carbocycles. The van der Waals surface area contributed by atoms with Gasteiger partial charge in [-0.3, -0.25) is 0 Å². The largest absolute Gasteiger partial charge is 0.494 e. The van der Waals surface area contributed by atoms with Gasteiger partial charge in [-0.15, -0.1) is 11.3 Å². The molecule has 1 aromatic heterocycles. The molecule has 0 atom stereocenters. The number of hydrogen-bond donors (Lipinski definition) is 1. The van der Waals surface area contributed by atoms with E-state index in [4.69, 9.17) is 9.84 Å². The van der Waals surface area contributed by atoms with Gasteiger partial charge in [-0.1, -0.05) is 6.07 Å². The lowest BCUT2D eigenvalue weighted by Crippen LogP contribution is -2.20. The first-order valence-corrected chi connectivity index (χ1v) is 7.61. The summed E-state index contributed by atoms with van der Waals surface area (Å²) in [6.45, 7) is 2.29. The molecule has 1 heterocycles. The number of carbonyl (C=O) groups is 1. The molecule has 0 saturated heterocycles. The number of hydrogen-bond acceptors (Lipinski definition) is 5. The van der Waals surface area contributed by atoms with Crippen molar-refractivity contribution in [3.05, 3.63) is 46.4 Å². The minimum atomic E-state index is -0.941. The van der Waals surface area contributed by atoms with Crippen LogP contribution in [0.3, 0.4) is 0 Å². The summed E-state index contributed by atoms with van der Waals surface area (Å²) in [6.07, 6.45) is 0.873. The molecular formula is C15H18N2O3S. The monoisotopic (exact) mass is 306 g/mol. The van der Waals surface area contributed by atoms with Crippen LogP contribution < -0.4 is 4.74 Å². The summed E-state index contributed by atoms with van der Waals surface area (Å²) in [5, 5.41) is 11.0. The van der Waals surface area contributed by atoms with Gasteiger partial charge in [0.15, 0.2) is 0 Å². The van der Waals surface area contributed by atoms with Gasteiger partial charge in [-0.2, -0.15) is 0 Å². The van der Waals surface area contributed by atoms with Crippen LogP contribution in [0.5, 0.6) is 5.75 Å². The Morgan fingerprint density at radius 1 is 1.48 bits per heavy atom. The SMILES string of the molecule is CN(CCCOc1cccc(C(=O)O)c1)Cc1cscn1. The highest BCUT2D eigenvalue weighted by Crippen LogP contribution is 2.13. The second-order valence-electron chi connectivity index (χ2n) is 4.75. The Labute approximate surface area is 127 Å². The summed E-state index contributed by atoms with van der Waals surface area (Å²) >= 11 is 1.60.